The van der Waals surface area contributed by atoms with Gasteiger partial charge in [-0.1, -0.05) is 30.3 Å². The molecule has 0 aliphatic heterocycles. The van der Waals surface area contributed by atoms with E-state index in [4.69, 9.17) is 0 Å². The quantitative estimate of drug-likeness (QED) is 0.343. The van der Waals surface area contributed by atoms with Crippen molar-refractivity contribution < 1.29 is 5.21 Å². The minimum atomic E-state index is -0.979. The van der Waals surface area contributed by atoms with Crippen LogP contribution in [0.5, 0.6) is 0 Å². The van der Waals surface area contributed by atoms with E-state index in [9.17, 15) is 14.8 Å². The molecule has 0 amide bonds. The van der Waals surface area contributed by atoms with Gasteiger partial charge in [0, 0.05) is 5.39 Å². The van der Waals surface area contributed by atoms with Crippen molar-refractivity contribution in [1.29, 1.82) is 0 Å². The molecule has 0 bridgehead atoms. The first-order valence-electron chi connectivity index (χ1n) is 5.04. The maximum absolute atomic E-state index is 11.3. The van der Waals surface area contributed by atoms with Gasteiger partial charge in [0.2, 0.25) is 0 Å². The van der Waals surface area contributed by atoms with Crippen LogP contribution in [0.25, 0.3) is 21.8 Å². The van der Waals surface area contributed by atoms with Crippen molar-refractivity contribution in [2.75, 3.05) is 0 Å². The Kier molecular flexibility index (Phi) is 1.82. The number of benzene rings is 2. The second-order valence-corrected chi connectivity index (χ2v) is 3.75. The molecule has 0 radical (unpaired) electrons. The second-order valence-electron chi connectivity index (χ2n) is 3.75. The highest BCUT2D eigenvalue weighted by molar-refractivity contribution is 6.03. The summed E-state index contributed by atoms with van der Waals surface area (Å²) in [7, 11) is 0. The molecule has 0 saturated carbocycles. The summed E-state index contributed by atoms with van der Waals surface area (Å²) < 4.78 is 0.376. The van der Waals surface area contributed by atoms with E-state index in [1.807, 2.05) is 24.3 Å². The molecule has 1 heterocycles. The number of nitrogens with one attached hydrogen (secondary N) is 1. The lowest BCUT2D eigenvalue weighted by Gasteiger charge is -2.05. The number of H-pyrrole nitrogens is 1. The number of nitrogens with zero attached hydrogens (tertiary/aromatic N) is 1. The van der Waals surface area contributed by atoms with Crippen molar-refractivity contribution in [2.45, 2.75) is 0 Å². The van der Waals surface area contributed by atoms with Gasteiger partial charge in [-0.15, -0.1) is 4.73 Å². The Hall–Kier alpha value is -2.56. The fourth-order valence-electron chi connectivity index (χ4n) is 1.94. The van der Waals surface area contributed by atoms with E-state index in [1.165, 1.54) is 0 Å². The van der Waals surface area contributed by atoms with Crippen molar-refractivity contribution in [1.82, 2.24) is 9.71 Å². The van der Waals surface area contributed by atoms with Gasteiger partial charge in [-0.05, 0) is 11.5 Å². The lowest BCUT2D eigenvalue weighted by atomic mass is 10.1. The predicted octanol–water partition coefficient (Wildman–Crippen LogP) is 1.08. The van der Waals surface area contributed by atoms with E-state index in [0.717, 1.165) is 10.8 Å². The van der Waals surface area contributed by atoms with Crippen LogP contribution < -0.4 is 11.1 Å². The Morgan fingerprint density at radius 1 is 1.06 bits per heavy atom. The average molecular weight is 228 g/mol. The van der Waals surface area contributed by atoms with Gasteiger partial charge in [-0.2, -0.15) is 0 Å². The van der Waals surface area contributed by atoms with Gasteiger partial charge in [-0.25, -0.2) is 0 Å². The lowest BCUT2D eigenvalue weighted by molar-refractivity contribution is 0.187. The third-order valence-corrected chi connectivity index (χ3v) is 2.76. The van der Waals surface area contributed by atoms with E-state index >= 15 is 0 Å². The highest BCUT2D eigenvalue weighted by atomic mass is 16.5. The van der Waals surface area contributed by atoms with Crippen LogP contribution in [0.3, 0.4) is 0 Å². The van der Waals surface area contributed by atoms with E-state index in [0.29, 0.717) is 10.2 Å². The molecule has 0 unspecified atom stereocenters. The molecule has 1 aromatic heterocycles. The minimum absolute atomic E-state index is 0.285. The number of aromatic nitrogens is 2. The molecule has 3 rings (SSSR count). The molecule has 3 aromatic rings. The van der Waals surface area contributed by atoms with Gasteiger partial charge in [0.05, 0.1) is 5.52 Å². The zero-order chi connectivity index (χ0) is 12.0. The van der Waals surface area contributed by atoms with E-state index in [2.05, 4.69) is 4.98 Å². The van der Waals surface area contributed by atoms with Crippen LogP contribution in [0.4, 0.5) is 0 Å². The molecule has 17 heavy (non-hydrogen) atoms. The topological polar surface area (TPSA) is 75.1 Å². The van der Waals surface area contributed by atoms with Gasteiger partial charge >= 0.3 is 11.1 Å². The molecule has 5 heteroatoms. The van der Waals surface area contributed by atoms with E-state index in [-0.39, 0.29) is 5.52 Å². The van der Waals surface area contributed by atoms with Gasteiger partial charge in [0.15, 0.2) is 0 Å². The van der Waals surface area contributed by atoms with Gasteiger partial charge in [0.25, 0.3) is 0 Å². The molecule has 0 atom stereocenters. The Bertz CT molecular complexity index is 846. The smallest absolute Gasteiger partial charge is 0.348 e. The first kappa shape index (κ1) is 9.65. The third kappa shape index (κ3) is 1.25. The van der Waals surface area contributed by atoms with Crippen molar-refractivity contribution in [2.24, 2.45) is 0 Å². The summed E-state index contributed by atoms with van der Waals surface area (Å²) in [6.45, 7) is 0. The maximum atomic E-state index is 11.3. The van der Waals surface area contributed by atoms with Crippen molar-refractivity contribution >= 4 is 21.8 Å². The van der Waals surface area contributed by atoms with Crippen molar-refractivity contribution in [3.8, 4) is 0 Å². The molecule has 0 aliphatic carbocycles. The summed E-state index contributed by atoms with van der Waals surface area (Å²) >= 11 is 0. The number of hydrogen-bond donors (Lipinski definition) is 2. The summed E-state index contributed by atoms with van der Waals surface area (Å²) in [5.41, 5.74) is -1.08. The molecule has 0 saturated heterocycles. The number of fused-ring (bicyclic) bond motifs is 3. The van der Waals surface area contributed by atoms with Crippen LogP contribution in [-0.4, -0.2) is 14.9 Å². The Morgan fingerprint density at radius 2 is 1.82 bits per heavy atom. The fraction of sp³-hybridized carbons (Fsp3) is 0. The normalized spacial score (nSPS) is 11.1. The Balaban J connectivity index is 2.69. The highest BCUT2D eigenvalue weighted by Crippen LogP contribution is 2.21. The lowest BCUT2D eigenvalue weighted by Crippen LogP contribution is -2.35. The van der Waals surface area contributed by atoms with Gasteiger partial charge in [-0.3, -0.25) is 9.59 Å². The molecular weight excluding hydrogens is 220 g/mol. The monoisotopic (exact) mass is 228 g/mol. The van der Waals surface area contributed by atoms with Crippen LogP contribution in [0, 0.1) is 0 Å². The number of aromatic amines is 1. The molecule has 5 nitrogen and oxygen atoms in total. The standard InChI is InChI=1S/C12H8N2O3/c15-11-12(16)14(17)9-6-5-7-3-1-2-4-8(7)10(9)13-11/h1-6,17H,(H,13,15). The fourth-order valence-corrected chi connectivity index (χ4v) is 1.94. The molecule has 0 fully saturated rings. The van der Waals surface area contributed by atoms with Crippen LogP contribution in [0.15, 0.2) is 46.0 Å². The summed E-state index contributed by atoms with van der Waals surface area (Å²) in [6.07, 6.45) is 0. The average Bonchev–Trinajstić information content (AvgIpc) is 2.36. The third-order valence-electron chi connectivity index (χ3n) is 2.76. The first-order valence-corrected chi connectivity index (χ1v) is 5.04. The molecular formula is C12H8N2O3. The maximum Gasteiger partial charge on any atom is 0.348 e. The first-order chi connectivity index (χ1) is 8.18. The Morgan fingerprint density at radius 3 is 2.65 bits per heavy atom. The van der Waals surface area contributed by atoms with Crippen LogP contribution >= 0.6 is 0 Å². The molecule has 84 valence electrons. The highest BCUT2D eigenvalue weighted by Gasteiger charge is 2.08. The largest absolute Gasteiger partial charge is 0.425 e. The summed E-state index contributed by atoms with van der Waals surface area (Å²) in [6, 6.07) is 10.8. The SMILES string of the molecule is O=c1[nH]c2c3ccccc3ccc2n(O)c1=O. The zero-order valence-electron chi connectivity index (χ0n) is 8.68. The second kappa shape index (κ2) is 3.21. The molecule has 0 aliphatic rings. The molecule has 0 spiro atoms. The van der Waals surface area contributed by atoms with E-state index < -0.39 is 11.1 Å². The number of hydrogen-bond acceptors (Lipinski definition) is 3. The molecule has 2 N–H and O–H groups in total. The van der Waals surface area contributed by atoms with Crippen LogP contribution in [0.1, 0.15) is 0 Å². The van der Waals surface area contributed by atoms with E-state index in [1.54, 1.807) is 12.1 Å². The summed E-state index contributed by atoms with van der Waals surface area (Å²) in [4.78, 5) is 25.1. The van der Waals surface area contributed by atoms with Crippen molar-refractivity contribution in [3.05, 3.63) is 57.1 Å². The predicted molar refractivity (Wildman–Crippen MR) is 63.5 cm³/mol. The van der Waals surface area contributed by atoms with Crippen molar-refractivity contribution in [3.63, 3.8) is 0 Å². The molecule has 2 aromatic carbocycles. The summed E-state index contributed by atoms with van der Waals surface area (Å²) in [5.74, 6) is 0. The Labute approximate surface area is 94.5 Å². The minimum Gasteiger partial charge on any atom is -0.425 e. The number of rotatable bonds is 0. The summed E-state index contributed by atoms with van der Waals surface area (Å²) in [5, 5.41) is 11.3. The van der Waals surface area contributed by atoms with Crippen LogP contribution in [0.2, 0.25) is 0 Å². The van der Waals surface area contributed by atoms with Gasteiger partial charge in [0.1, 0.15) is 5.52 Å². The zero-order valence-corrected chi connectivity index (χ0v) is 8.68. The van der Waals surface area contributed by atoms with Gasteiger partial charge < -0.3 is 10.2 Å². The van der Waals surface area contributed by atoms with Crippen LogP contribution in [-0.2, 0) is 0 Å².